The maximum atomic E-state index is 13.4. The van der Waals surface area contributed by atoms with Crippen LogP contribution in [-0.2, 0) is 15.8 Å². The van der Waals surface area contributed by atoms with E-state index in [2.05, 4.69) is 0 Å². The number of rotatable bonds is 9. The van der Waals surface area contributed by atoms with Crippen LogP contribution in [0.2, 0.25) is 0 Å². The monoisotopic (exact) mass is 400 g/mol. The Labute approximate surface area is 161 Å². The Hall–Kier alpha value is -2.18. The number of alkyl halides is 3. The van der Waals surface area contributed by atoms with Crippen LogP contribution < -0.4 is 0 Å². The van der Waals surface area contributed by atoms with Gasteiger partial charge in [-0.25, -0.2) is 4.39 Å². The van der Waals surface area contributed by atoms with Gasteiger partial charge in [0.05, 0.1) is 5.56 Å². The third-order valence-corrected chi connectivity index (χ3v) is 5.14. The van der Waals surface area contributed by atoms with Gasteiger partial charge >= 0.3 is 12.1 Å². The van der Waals surface area contributed by atoms with E-state index in [-0.39, 0.29) is 29.6 Å². The third-order valence-electron chi connectivity index (χ3n) is 5.14. The highest BCUT2D eigenvalue weighted by Crippen LogP contribution is 2.35. The summed E-state index contributed by atoms with van der Waals surface area (Å²) in [5.41, 5.74) is -1.05. The molecule has 0 heterocycles. The van der Waals surface area contributed by atoms with Gasteiger partial charge in [0.15, 0.2) is 0 Å². The van der Waals surface area contributed by atoms with E-state index in [1.807, 2.05) is 0 Å². The maximum Gasteiger partial charge on any atom is 0.419 e. The first-order chi connectivity index (χ1) is 13.2. The largest absolute Gasteiger partial charge is 0.481 e. The van der Waals surface area contributed by atoms with Gasteiger partial charge in [0, 0.05) is 18.8 Å². The molecule has 2 rings (SSSR count). The molecule has 0 aliphatic heterocycles. The van der Waals surface area contributed by atoms with Gasteiger partial charge in [0.2, 0.25) is 0 Å². The van der Waals surface area contributed by atoms with E-state index in [1.54, 1.807) is 6.08 Å². The molecule has 0 unspecified atom stereocenters. The van der Waals surface area contributed by atoms with E-state index in [9.17, 15) is 27.2 Å². The van der Waals surface area contributed by atoms with Crippen LogP contribution in [0.15, 0.2) is 24.3 Å². The average Bonchev–Trinajstić information content (AvgIpc) is 2.96. The number of carboxylic acid groups (broad SMARTS) is 1. The van der Waals surface area contributed by atoms with Crippen molar-refractivity contribution in [3.05, 3.63) is 41.2 Å². The zero-order chi connectivity index (χ0) is 20.7. The number of carbonyl (C=O) groups is 2. The Kier molecular flexibility index (Phi) is 7.78. The smallest absolute Gasteiger partial charge is 0.419 e. The van der Waals surface area contributed by atoms with Crippen LogP contribution in [0.5, 0.6) is 0 Å². The molecular formula is C21H24F4O3. The van der Waals surface area contributed by atoms with Crippen LogP contribution in [0.4, 0.5) is 17.6 Å². The average molecular weight is 400 g/mol. The van der Waals surface area contributed by atoms with Crippen LogP contribution in [0.1, 0.15) is 62.5 Å². The molecule has 28 heavy (non-hydrogen) atoms. The van der Waals surface area contributed by atoms with Gasteiger partial charge in [0.25, 0.3) is 0 Å². The molecule has 0 radical (unpaired) electrons. The molecule has 1 aliphatic rings. The van der Waals surface area contributed by atoms with Crippen molar-refractivity contribution in [1.82, 2.24) is 0 Å². The summed E-state index contributed by atoms with van der Waals surface area (Å²) in [4.78, 5) is 22.6. The fourth-order valence-corrected chi connectivity index (χ4v) is 3.63. The molecule has 1 saturated carbocycles. The standard InChI is InChI=1S/C21H24F4O3/c22-18-11-8-14(13-17(18)21(23,24)25)7-9-15-10-12-19(26)16(15)5-3-1-2-4-6-20(27)28/h7-9,11,13,15-16H,1-6,10,12H2,(H,27,28)/t15-,16+/m1/s1. The number of allylic oxidation sites excluding steroid dienone is 1. The second-order valence-corrected chi connectivity index (χ2v) is 7.22. The highest BCUT2D eigenvalue weighted by Gasteiger charge is 2.34. The first-order valence-corrected chi connectivity index (χ1v) is 9.48. The molecule has 1 N–H and O–H groups in total. The first kappa shape index (κ1) is 22.1. The lowest BCUT2D eigenvalue weighted by Gasteiger charge is -2.15. The van der Waals surface area contributed by atoms with Gasteiger partial charge in [-0.2, -0.15) is 13.2 Å². The fraction of sp³-hybridized carbons (Fsp3) is 0.524. The molecule has 0 bridgehead atoms. The summed E-state index contributed by atoms with van der Waals surface area (Å²) in [5.74, 6) is -2.15. The quantitative estimate of drug-likeness (QED) is 0.416. The summed E-state index contributed by atoms with van der Waals surface area (Å²) < 4.78 is 51.8. The van der Waals surface area contributed by atoms with Gasteiger partial charge in [-0.1, -0.05) is 37.5 Å². The predicted molar refractivity (Wildman–Crippen MR) is 97.0 cm³/mol. The van der Waals surface area contributed by atoms with Gasteiger partial charge in [-0.05, 0) is 42.9 Å². The fourth-order valence-electron chi connectivity index (χ4n) is 3.63. The van der Waals surface area contributed by atoms with Crippen LogP contribution in [-0.4, -0.2) is 16.9 Å². The number of hydrogen-bond acceptors (Lipinski definition) is 2. The van der Waals surface area contributed by atoms with Crippen molar-refractivity contribution in [3.8, 4) is 0 Å². The normalized spacial score (nSPS) is 20.2. The van der Waals surface area contributed by atoms with Gasteiger partial charge in [-0.3, -0.25) is 9.59 Å². The molecular weight excluding hydrogens is 376 g/mol. The number of carbonyl (C=O) groups excluding carboxylic acids is 1. The third kappa shape index (κ3) is 6.46. The van der Waals surface area contributed by atoms with E-state index in [0.717, 1.165) is 31.4 Å². The highest BCUT2D eigenvalue weighted by atomic mass is 19.4. The Morgan fingerprint density at radius 2 is 1.89 bits per heavy atom. The number of Topliss-reactive ketones (excluding diaryl/α,β-unsaturated/α-hetero) is 1. The zero-order valence-electron chi connectivity index (χ0n) is 15.5. The number of hydrogen-bond donors (Lipinski definition) is 1. The summed E-state index contributed by atoms with van der Waals surface area (Å²) in [6.07, 6.45) is 3.56. The number of carboxylic acids is 1. The van der Waals surface area contributed by atoms with E-state index >= 15 is 0 Å². The molecule has 1 aliphatic carbocycles. The second kappa shape index (κ2) is 9.85. The van der Waals surface area contributed by atoms with Crippen LogP contribution in [0.25, 0.3) is 6.08 Å². The SMILES string of the molecule is O=C(O)CCCCCC[C@@H]1C(=O)CC[C@H]1C=Cc1ccc(F)c(C(F)(F)F)c1. The van der Waals surface area contributed by atoms with E-state index in [0.29, 0.717) is 25.7 Å². The van der Waals surface area contributed by atoms with Crippen molar-refractivity contribution >= 4 is 17.8 Å². The first-order valence-electron chi connectivity index (χ1n) is 9.48. The molecule has 0 aromatic heterocycles. The van der Waals surface area contributed by atoms with Crippen LogP contribution in [0.3, 0.4) is 0 Å². The molecule has 0 saturated heterocycles. The van der Waals surface area contributed by atoms with Crippen molar-refractivity contribution in [1.29, 1.82) is 0 Å². The lowest BCUT2D eigenvalue weighted by Crippen LogP contribution is -2.13. The molecule has 7 heteroatoms. The maximum absolute atomic E-state index is 13.4. The minimum absolute atomic E-state index is 0.0362. The molecule has 0 amide bonds. The molecule has 3 nitrogen and oxygen atoms in total. The summed E-state index contributed by atoms with van der Waals surface area (Å²) in [5, 5.41) is 8.61. The summed E-state index contributed by atoms with van der Waals surface area (Å²) in [6.45, 7) is 0. The van der Waals surface area contributed by atoms with Crippen molar-refractivity contribution in [2.24, 2.45) is 11.8 Å². The minimum Gasteiger partial charge on any atom is -0.481 e. The van der Waals surface area contributed by atoms with E-state index < -0.39 is 23.5 Å². The Morgan fingerprint density at radius 3 is 2.57 bits per heavy atom. The van der Waals surface area contributed by atoms with Gasteiger partial charge in [-0.15, -0.1) is 0 Å². The van der Waals surface area contributed by atoms with Crippen LogP contribution >= 0.6 is 0 Å². The molecule has 2 atom stereocenters. The lowest BCUT2D eigenvalue weighted by molar-refractivity contribution is -0.140. The van der Waals surface area contributed by atoms with Gasteiger partial charge < -0.3 is 5.11 Å². The van der Waals surface area contributed by atoms with Crippen LogP contribution in [0, 0.1) is 17.7 Å². The number of halogens is 4. The topological polar surface area (TPSA) is 54.4 Å². The number of ketones is 1. The molecule has 1 aromatic rings. The number of benzene rings is 1. The van der Waals surface area contributed by atoms with Crippen molar-refractivity contribution < 1.29 is 32.3 Å². The van der Waals surface area contributed by atoms with E-state index in [1.165, 1.54) is 12.1 Å². The Morgan fingerprint density at radius 1 is 1.18 bits per heavy atom. The molecule has 1 aromatic carbocycles. The lowest BCUT2D eigenvalue weighted by atomic mass is 9.89. The Balaban J connectivity index is 1.93. The van der Waals surface area contributed by atoms with E-state index in [4.69, 9.17) is 5.11 Å². The zero-order valence-corrected chi connectivity index (χ0v) is 15.5. The van der Waals surface area contributed by atoms with Crippen molar-refractivity contribution in [2.45, 2.75) is 57.5 Å². The molecule has 154 valence electrons. The Bertz CT molecular complexity index is 725. The van der Waals surface area contributed by atoms with Gasteiger partial charge in [0.1, 0.15) is 11.6 Å². The summed E-state index contributed by atoms with van der Waals surface area (Å²) >= 11 is 0. The number of aliphatic carboxylic acids is 1. The van der Waals surface area contributed by atoms with Crippen molar-refractivity contribution in [2.75, 3.05) is 0 Å². The number of unbranched alkanes of at least 4 members (excludes halogenated alkanes) is 3. The molecule has 1 fully saturated rings. The summed E-state index contributed by atoms with van der Waals surface area (Å²) in [6, 6.07) is 2.87. The molecule has 0 spiro atoms. The predicted octanol–water partition coefficient (Wildman–Crippen LogP) is 5.88. The van der Waals surface area contributed by atoms with Crippen molar-refractivity contribution in [3.63, 3.8) is 0 Å². The second-order valence-electron chi connectivity index (χ2n) is 7.22. The highest BCUT2D eigenvalue weighted by molar-refractivity contribution is 5.84. The minimum atomic E-state index is -4.75. The summed E-state index contributed by atoms with van der Waals surface area (Å²) in [7, 11) is 0.